The molecule has 0 saturated carbocycles. The minimum atomic E-state index is -0.963. The monoisotopic (exact) mass is 414 g/mol. The van der Waals surface area contributed by atoms with E-state index in [-0.39, 0.29) is 11.9 Å². The van der Waals surface area contributed by atoms with E-state index in [9.17, 15) is 10.1 Å². The van der Waals surface area contributed by atoms with Gasteiger partial charge in [0.15, 0.2) is 11.5 Å². The van der Waals surface area contributed by atoms with Crippen molar-refractivity contribution < 1.29 is 19.5 Å². The number of hydrogen-bond acceptors (Lipinski definition) is 4. The van der Waals surface area contributed by atoms with Crippen molar-refractivity contribution in [1.82, 2.24) is 0 Å². The third kappa shape index (κ3) is 3.67. The average molecular weight is 414 g/mol. The second-order valence-corrected chi connectivity index (χ2v) is 6.44. The summed E-state index contributed by atoms with van der Waals surface area (Å²) in [5.41, 5.74) is 2.57. The highest BCUT2D eigenvalue weighted by Gasteiger charge is 2.31. The standard InChI is InChI=1S/C16H20BIO4/c1-4-5-10(2)12-6-7-14(22-17(12)20)11-8-13(18)16(19)15(9-11)21-3/h6,8-9,14,19-20H,2,4-5,7H2,1,3H3. The van der Waals surface area contributed by atoms with Gasteiger partial charge in [-0.3, -0.25) is 0 Å². The number of halogens is 1. The smallest absolute Gasteiger partial charge is 0.491 e. The Labute approximate surface area is 145 Å². The van der Waals surface area contributed by atoms with E-state index >= 15 is 0 Å². The molecule has 6 heteroatoms. The van der Waals surface area contributed by atoms with Gasteiger partial charge in [0.1, 0.15) is 0 Å². The summed E-state index contributed by atoms with van der Waals surface area (Å²) in [5.74, 6) is 0.529. The van der Waals surface area contributed by atoms with Gasteiger partial charge < -0.3 is 19.5 Å². The van der Waals surface area contributed by atoms with Crippen LogP contribution in [-0.4, -0.2) is 24.4 Å². The first-order valence-electron chi connectivity index (χ1n) is 7.26. The molecule has 4 nitrogen and oxygen atoms in total. The van der Waals surface area contributed by atoms with Crippen molar-refractivity contribution in [3.8, 4) is 11.5 Å². The van der Waals surface area contributed by atoms with Gasteiger partial charge in [-0.1, -0.05) is 31.6 Å². The number of phenols is 1. The fourth-order valence-electron chi connectivity index (χ4n) is 2.53. The van der Waals surface area contributed by atoms with E-state index in [0.717, 1.165) is 29.5 Å². The molecule has 1 heterocycles. The minimum absolute atomic E-state index is 0.121. The van der Waals surface area contributed by atoms with E-state index in [0.29, 0.717) is 15.7 Å². The van der Waals surface area contributed by atoms with Gasteiger partial charge >= 0.3 is 7.12 Å². The lowest BCUT2D eigenvalue weighted by Gasteiger charge is -2.27. The van der Waals surface area contributed by atoms with E-state index in [4.69, 9.17) is 9.39 Å². The SMILES string of the molecule is C=C(CCC)C1=CCC(c2cc(I)c(O)c(OC)c2)OB1O. The van der Waals surface area contributed by atoms with Gasteiger partial charge in [-0.05, 0) is 58.6 Å². The van der Waals surface area contributed by atoms with E-state index in [1.807, 2.05) is 34.7 Å². The lowest BCUT2D eigenvalue weighted by atomic mass is 9.70. The van der Waals surface area contributed by atoms with Gasteiger partial charge in [-0.2, -0.15) is 0 Å². The lowest BCUT2D eigenvalue weighted by Crippen LogP contribution is -2.28. The number of phenolic OH excluding ortho intramolecular Hbond substituents is 1. The summed E-state index contributed by atoms with van der Waals surface area (Å²) in [6, 6.07) is 3.59. The van der Waals surface area contributed by atoms with Crippen LogP contribution >= 0.6 is 22.6 Å². The first kappa shape index (κ1) is 17.4. The number of methoxy groups -OCH3 is 1. The molecule has 22 heavy (non-hydrogen) atoms. The van der Waals surface area contributed by atoms with Crippen LogP contribution in [0.3, 0.4) is 0 Å². The quantitative estimate of drug-likeness (QED) is 0.569. The van der Waals surface area contributed by atoms with Crippen LogP contribution in [0.15, 0.2) is 35.8 Å². The molecule has 0 bridgehead atoms. The Morgan fingerprint density at radius 1 is 1.55 bits per heavy atom. The maximum Gasteiger partial charge on any atom is 0.491 e. The number of ether oxygens (including phenoxy) is 1. The Bertz CT molecular complexity index is 600. The molecule has 118 valence electrons. The van der Waals surface area contributed by atoms with Crippen molar-refractivity contribution in [3.63, 3.8) is 0 Å². The predicted molar refractivity (Wildman–Crippen MR) is 95.9 cm³/mol. The Kier molecular flexibility index (Phi) is 5.94. The van der Waals surface area contributed by atoms with E-state index in [1.54, 1.807) is 6.07 Å². The highest BCUT2D eigenvalue weighted by molar-refractivity contribution is 14.1. The average Bonchev–Trinajstić information content (AvgIpc) is 2.49. The second kappa shape index (κ2) is 7.52. The van der Waals surface area contributed by atoms with Crippen molar-refractivity contribution in [2.45, 2.75) is 32.3 Å². The summed E-state index contributed by atoms with van der Waals surface area (Å²) >= 11 is 2.05. The number of allylic oxidation sites excluding steroid dienone is 2. The highest BCUT2D eigenvalue weighted by Crippen LogP contribution is 2.38. The molecule has 0 aromatic heterocycles. The number of aromatic hydroxyl groups is 1. The van der Waals surface area contributed by atoms with Crippen molar-refractivity contribution in [2.75, 3.05) is 7.11 Å². The molecule has 0 saturated heterocycles. The van der Waals surface area contributed by atoms with Crippen molar-refractivity contribution in [3.05, 3.63) is 45.0 Å². The van der Waals surface area contributed by atoms with Crippen LogP contribution in [0, 0.1) is 3.57 Å². The number of rotatable bonds is 5. The molecule has 0 fully saturated rings. The number of hydrogen-bond donors (Lipinski definition) is 2. The zero-order valence-corrected chi connectivity index (χ0v) is 15.0. The highest BCUT2D eigenvalue weighted by atomic mass is 127. The summed E-state index contributed by atoms with van der Waals surface area (Å²) in [6.45, 7) is 6.09. The van der Waals surface area contributed by atoms with Gasteiger partial charge in [0.25, 0.3) is 0 Å². The van der Waals surface area contributed by atoms with Crippen LogP contribution in [0.1, 0.15) is 37.9 Å². The Hall–Kier alpha value is -0.985. The molecule has 1 unspecified atom stereocenters. The molecule has 1 aromatic rings. The molecule has 0 radical (unpaired) electrons. The zero-order chi connectivity index (χ0) is 16.3. The molecule has 1 aliphatic rings. The molecule has 2 N–H and O–H groups in total. The van der Waals surface area contributed by atoms with Gasteiger partial charge in [0.05, 0.1) is 16.8 Å². The van der Waals surface area contributed by atoms with Gasteiger partial charge in [-0.15, -0.1) is 0 Å². The van der Waals surface area contributed by atoms with Crippen LogP contribution in [0.5, 0.6) is 11.5 Å². The Morgan fingerprint density at radius 2 is 2.27 bits per heavy atom. The summed E-state index contributed by atoms with van der Waals surface area (Å²) in [6.07, 6.45) is 4.21. The van der Waals surface area contributed by atoms with Crippen molar-refractivity contribution in [1.29, 1.82) is 0 Å². The van der Waals surface area contributed by atoms with Gasteiger partial charge in [0.2, 0.25) is 0 Å². The first-order chi connectivity index (χ1) is 10.5. The minimum Gasteiger partial charge on any atom is -0.504 e. The molecular formula is C16H20BIO4. The molecule has 2 rings (SSSR count). The van der Waals surface area contributed by atoms with Gasteiger partial charge in [-0.25, -0.2) is 0 Å². The van der Waals surface area contributed by atoms with E-state index in [1.165, 1.54) is 7.11 Å². The molecule has 0 amide bonds. The molecule has 0 spiro atoms. The third-order valence-electron chi connectivity index (χ3n) is 3.71. The largest absolute Gasteiger partial charge is 0.504 e. The fourth-order valence-corrected chi connectivity index (χ4v) is 3.16. The maximum atomic E-state index is 10.2. The summed E-state index contributed by atoms with van der Waals surface area (Å²) in [5, 5.41) is 20.1. The lowest BCUT2D eigenvalue weighted by molar-refractivity contribution is 0.168. The van der Waals surface area contributed by atoms with E-state index in [2.05, 4.69) is 13.5 Å². The molecule has 0 aliphatic carbocycles. The maximum absolute atomic E-state index is 10.2. The van der Waals surface area contributed by atoms with Crippen LogP contribution < -0.4 is 4.74 Å². The third-order valence-corrected chi connectivity index (χ3v) is 4.54. The summed E-state index contributed by atoms with van der Waals surface area (Å²) in [7, 11) is 0.549. The summed E-state index contributed by atoms with van der Waals surface area (Å²) < 4.78 is 11.6. The second-order valence-electron chi connectivity index (χ2n) is 5.28. The fraction of sp³-hybridized carbons (Fsp3) is 0.375. The topological polar surface area (TPSA) is 58.9 Å². The number of benzene rings is 1. The Balaban J connectivity index is 2.23. The summed E-state index contributed by atoms with van der Waals surface area (Å²) in [4.78, 5) is 0. The van der Waals surface area contributed by atoms with Crippen molar-refractivity contribution >= 4 is 29.7 Å². The normalized spacial score (nSPS) is 18.1. The van der Waals surface area contributed by atoms with Crippen LogP contribution in [0.25, 0.3) is 0 Å². The van der Waals surface area contributed by atoms with Crippen molar-refractivity contribution in [2.24, 2.45) is 0 Å². The predicted octanol–water partition coefficient (Wildman–Crippen LogP) is 3.77. The van der Waals surface area contributed by atoms with Crippen LogP contribution in [0.2, 0.25) is 0 Å². The van der Waals surface area contributed by atoms with E-state index < -0.39 is 7.12 Å². The Morgan fingerprint density at radius 3 is 2.86 bits per heavy atom. The van der Waals surface area contributed by atoms with Gasteiger partial charge in [0, 0.05) is 0 Å². The molecule has 1 atom stereocenters. The van der Waals surface area contributed by atoms with Crippen LogP contribution in [0.4, 0.5) is 0 Å². The molecule has 1 aromatic carbocycles. The molecular weight excluding hydrogens is 394 g/mol. The molecule has 1 aliphatic heterocycles. The zero-order valence-electron chi connectivity index (χ0n) is 12.8. The first-order valence-corrected chi connectivity index (χ1v) is 8.33. The van der Waals surface area contributed by atoms with Crippen LogP contribution in [-0.2, 0) is 4.65 Å².